The number of amides is 1. The fraction of sp³-hybridized carbons (Fsp3) is 0.923. The zero-order valence-corrected chi connectivity index (χ0v) is 10.3. The van der Waals surface area contributed by atoms with Gasteiger partial charge >= 0.3 is 0 Å². The molecule has 0 aromatic rings. The molecule has 0 spiro atoms. The summed E-state index contributed by atoms with van der Waals surface area (Å²) in [5, 5.41) is 0. The molecule has 0 heterocycles. The van der Waals surface area contributed by atoms with E-state index in [-0.39, 0.29) is 12.0 Å². The van der Waals surface area contributed by atoms with Crippen molar-refractivity contribution in [3.8, 4) is 0 Å². The molecule has 0 aromatic carbocycles. The van der Waals surface area contributed by atoms with E-state index in [0.717, 1.165) is 19.3 Å². The summed E-state index contributed by atoms with van der Waals surface area (Å²) < 4.78 is 0. The summed E-state index contributed by atoms with van der Waals surface area (Å²) in [6, 6.07) is 0.590. The lowest BCUT2D eigenvalue weighted by atomic mass is 9.93. The van der Waals surface area contributed by atoms with E-state index in [1.807, 2.05) is 11.9 Å². The third-order valence-corrected chi connectivity index (χ3v) is 4.36. The highest BCUT2D eigenvalue weighted by Gasteiger charge is 2.34. The summed E-state index contributed by atoms with van der Waals surface area (Å²) in [5.41, 5.74) is 6.00. The molecule has 2 saturated carbocycles. The van der Waals surface area contributed by atoms with Crippen LogP contribution in [-0.4, -0.2) is 29.9 Å². The first kappa shape index (κ1) is 11.9. The predicted molar refractivity (Wildman–Crippen MR) is 65.0 cm³/mol. The highest BCUT2D eigenvalue weighted by Crippen LogP contribution is 2.28. The van der Waals surface area contributed by atoms with Gasteiger partial charge in [0.05, 0.1) is 5.92 Å². The normalized spacial score (nSPS) is 31.6. The minimum atomic E-state index is 0.104. The van der Waals surface area contributed by atoms with E-state index in [1.54, 1.807) is 0 Å². The molecule has 0 saturated heterocycles. The van der Waals surface area contributed by atoms with E-state index in [9.17, 15) is 4.79 Å². The van der Waals surface area contributed by atoms with Crippen LogP contribution < -0.4 is 5.73 Å². The molecule has 2 atom stereocenters. The summed E-state index contributed by atoms with van der Waals surface area (Å²) in [6.45, 7) is 0. The minimum absolute atomic E-state index is 0.104. The van der Waals surface area contributed by atoms with Crippen LogP contribution in [0.4, 0.5) is 0 Å². The Morgan fingerprint density at radius 3 is 2.31 bits per heavy atom. The van der Waals surface area contributed by atoms with Crippen molar-refractivity contribution in [2.75, 3.05) is 7.05 Å². The van der Waals surface area contributed by atoms with Gasteiger partial charge in [0.1, 0.15) is 0 Å². The zero-order valence-electron chi connectivity index (χ0n) is 10.3. The van der Waals surface area contributed by atoms with E-state index in [4.69, 9.17) is 5.73 Å². The highest BCUT2D eigenvalue weighted by atomic mass is 16.2. The number of carbonyl (C=O) groups excluding carboxylic acids is 1. The molecule has 2 fully saturated rings. The lowest BCUT2D eigenvalue weighted by molar-refractivity contribution is -0.137. The van der Waals surface area contributed by atoms with Gasteiger partial charge in [-0.05, 0) is 25.7 Å². The maximum atomic E-state index is 12.3. The van der Waals surface area contributed by atoms with Crippen LogP contribution >= 0.6 is 0 Å². The average Bonchev–Trinajstić information content (AvgIpc) is 2.75. The number of hydrogen-bond acceptors (Lipinski definition) is 2. The standard InChI is InChI=1S/C13H24N2O/c1-15(10-6-3-2-4-7-10)13(16)11-8-5-9-12(11)14/h10-12H,2-9,14H2,1H3. The van der Waals surface area contributed by atoms with E-state index in [0.29, 0.717) is 11.9 Å². The van der Waals surface area contributed by atoms with Crippen LogP contribution in [0.25, 0.3) is 0 Å². The highest BCUT2D eigenvalue weighted by molar-refractivity contribution is 5.80. The monoisotopic (exact) mass is 224 g/mol. The van der Waals surface area contributed by atoms with E-state index >= 15 is 0 Å². The third kappa shape index (κ3) is 2.40. The van der Waals surface area contributed by atoms with Crippen molar-refractivity contribution in [3.05, 3.63) is 0 Å². The number of nitrogens with zero attached hydrogens (tertiary/aromatic N) is 1. The summed E-state index contributed by atoms with van der Waals surface area (Å²) in [7, 11) is 1.98. The van der Waals surface area contributed by atoms with Crippen molar-refractivity contribution in [1.82, 2.24) is 4.90 Å². The fourth-order valence-corrected chi connectivity index (χ4v) is 3.21. The Labute approximate surface area is 98.4 Å². The van der Waals surface area contributed by atoms with Crippen LogP contribution in [-0.2, 0) is 4.79 Å². The second-order valence-electron chi connectivity index (χ2n) is 5.44. The van der Waals surface area contributed by atoms with Crippen LogP contribution in [0.5, 0.6) is 0 Å². The molecule has 0 aliphatic heterocycles. The molecular weight excluding hydrogens is 200 g/mol. The molecule has 3 nitrogen and oxygen atoms in total. The number of nitrogens with two attached hydrogens (primary N) is 1. The van der Waals surface area contributed by atoms with Gasteiger partial charge in [-0.2, -0.15) is 0 Å². The van der Waals surface area contributed by atoms with Crippen LogP contribution in [0, 0.1) is 5.92 Å². The van der Waals surface area contributed by atoms with Crippen LogP contribution in [0.15, 0.2) is 0 Å². The summed E-state index contributed by atoms with van der Waals surface area (Å²) in [6.07, 6.45) is 9.40. The van der Waals surface area contributed by atoms with Gasteiger partial charge in [-0.3, -0.25) is 4.79 Å². The molecule has 0 radical (unpaired) electrons. The SMILES string of the molecule is CN(C(=O)C1CCCC1N)C1CCCCC1. The molecule has 2 N–H and O–H groups in total. The molecule has 2 aliphatic carbocycles. The second kappa shape index (κ2) is 5.17. The number of rotatable bonds is 2. The summed E-state index contributed by atoms with van der Waals surface area (Å²) in [5.74, 6) is 0.406. The largest absolute Gasteiger partial charge is 0.342 e. The van der Waals surface area contributed by atoms with Gasteiger partial charge in [0.15, 0.2) is 0 Å². The van der Waals surface area contributed by atoms with Gasteiger partial charge in [0.25, 0.3) is 0 Å². The smallest absolute Gasteiger partial charge is 0.227 e. The van der Waals surface area contributed by atoms with Crippen molar-refractivity contribution >= 4 is 5.91 Å². The molecule has 1 amide bonds. The van der Waals surface area contributed by atoms with E-state index in [1.165, 1.54) is 32.1 Å². The Bertz CT molecular complexity index is 248. The van der Waals surface area contributed by atoms with Crippen LogP contribution in [0.3, 0.4) is 0 Å². The van der Waals surface area contributed by atoms with Gasteiger partial charge in [-0.15, -0.1) is 0 Å². The Morgan fingerprint density at radius 2 is 1.75 bits per heavy atom. The van der Waals surface area contributed by atoms with E-state index < -0.39 is 0 Å². The van der Waals surface area contributed by atoms with Gasteiger partial charge in [0, 0.05) is 19.1 Å². The minimum Gasteiger partial charge on any atom is -0.342 e. The topological polar surface area (TPSA) is 46.3 Å². The molecule has 0 aromatic heterocycles. The Kier molecular flexibility index (Phi) is 3.85. The van der Waals surface area contributed by atoms with Gasteiger partial charge < -0.3 is 10.6 Å². The van der Waals surface area contributed by atoms with Gasteiger partial charge in [0.2, 0.25) is 5.91 Å². The first-order valence-corrected chi connectivity index (χ1v) is 6.72. The molecule has 92 valence electrons. The Hall–Kier alpha value is -0.570. The first-order chi connectivity index (χ1) is 7.70. The molecule has 3 heteroatoms. The average molecular weight is 224 g/mol. The van der Waals surface area contributed by atoms with Crippen LogP contribution in [0.1, 0.15) is 51.4 Å². The van der Waals surface area contributed by atoms with Crippen molar-refractivity contribution in [3.63, 3.8) is 0 Å². The maximum Gasteiger partial charge on any atom is 0.227 e. The van der Waals surface area contributed by atoms with Gasteiger partial charge in [-0.1, -0.05) is 25.7 Å². The van der Waals surface area contributed by atoms with E-state index in [2.05, 4.69) is 0 Å². The van der Waals surface area contributed by atoms with Crippen molar-refractivity contribution in [2.45, 2.75) is 63.5 Å². The lowest BCUT2D eigenvalue weighted by Gasteiger charge is -2.33. The van der Waals surface area contributed by atoms with Crippen molar-refractivity contribution in [1.29, 1.82) is 0 Å². The molecular formula is C13H24N2O. The molecule has 16 heavy (non-hydrogen) atoms. The van der Waals surface area contributed by atoms with Crippen LogP contribution in [0.2, 0.25) is 0 Å². The first-order valence-electron chi connectivity index (χ1n) is 6.72. The lowest BCUT2D eigenvalue weighted by Crippen LogP contribution is -2.45. The summed E-state index contributed by atoms with van der Waals surface area (Å²) >= 11 is 0. The van der Waals surface area contributed by atoms with Gasteiger partial charge in [-0.25, -0.2) is 0 Å². The third-order valence-electron chi connectivity index (χ3n) is 4.36. The molecule has 0 bridgehead atoms. The quantitative estimate of drug-likeness (QED) is 0.778. The predicted octanol–water partition coefficient (Wildman–Crippen LogP) is 1.90. The molecule has 2 aliphatic rings. The Morgan fingerprint density at radius 1 is 1.06 bits per heavy atom. The maximum absolute atomic E-state index is 12.3. The number of carbonyl (C=O) groups is 1. The zero-order chi connectivity index (χ0) is 11.5. The van der Waals surface area contributed by atoms with Crippen molar-refractivity contribution in [2.24, 2.45) is 11.7 Å². The second-order valence-corrected chi connectivity index (χ2v) is 5.44. The number of hydrogen-bond donors (Lipinski definition) is 1. The van der Waals surface area contributed by atoms with Crippen molar-refractivity contribution < 1.29 is 4.79 Å². The fourth-order valence-electron chi connectivity index (χ4n) is 3.21. The molecule has 2 unspecified atom stereocenters. The Balaban J connectivity index is 1.92. The molecule has 2 rings (SSSR count). The summed E-state index contributed by atoms with van der Waals surface area (Å²) in [4.78, 5) is 14.3.